The molecular weight excluding hydrogens is 202 g/mol. The first-order chi connectivity index (χ1) is 7.58. The maximum Gasteiger partial charge on any atom is 0.123 e. The van der Waals surface area contributed by atoms with Gasteiger partial charge in [-0.1, -0.05) is 19.1 Å². The zero-order chi connectivity index (χ0) is 12.1. The van der Waals surface area contributed by atoms with Crippen molar-refractivity contribution in [1.29, 1.82) is 0 Å². The van der Waals surface area contributed by atoms with Crippen LogP contribution in [0, 0.1) is 0 Å². The number of ether oxygens (including phenoxy) is 1. The maximum atomic E-state index is 9.15. The Hall–Kier alpha value is -1.06. The van der Waals surface area contributed by atoms with E-state index in [4.69, 9.17) is 9.84 Å². The van der Waals surface area contributed by atoms with Crippen LogP contribution < -0.4 is 4.74 Å². The van der Waals surface area contributed by atoms with Gasteiger partial charge in [0.25, 0.3) is 0 Å². The number of nitrogens with zero attached hydrogens (tertiary/aromatic N) is 1. The summed E-state index contributed by atoms with van der Waals surface area (Å²) >= 11 is 0. The number of hydrogen-bond donors (Lipinski definition) is 1. The van der Waals surface area contributed by atoms with Gasteiger partial charge in [0.05, 0.1) is 7.11 Å². The van der Waals surface area contributed by atoms with Crippen LogP contribution in [0.2, 0.25) is 0 Å². The van der Waals surface area contributed by atoms with E-state index >= 15 is 0 Å². The summed E-state index contributed by atoms with van der Waals surface area (Å²) < 4.78 is 5.33. The Kier molecular flexibility index (Phi) is 4.77. The predicted molar refractivity (Wildman–Crippen MR) is 65.9 cm³/mol. The van der Waals surface area contributed by atoms with Crippen molar-refractivity contribution in [2.45, 2.75) is 19.4 Å². The van der Waals surface area contributed by atoms with Gasteiger partial charge in [0.2, 0.25) is 0 Å². The number of aliphatic hydroxyl groups excluding tert-OH is 1. The standard InChI is InChI=1S/C13H21NO2/c1-10(9-15)11-5-6-13(16-4)12(7-11)8-14(2)3/h5-7,10,15H,8-9H2,1-4H3. The minimum absolute atomic E-state index is 0.173. The number of aliphatic hydroxyl groups is 1. The molecule has 3 heteroatoms. The zero-order valence-electron chi connectivity index (χ0n) is 10.5. The van der Waals surface area contributed by atoms with Crippen LogP contribution in [0.15, 0.2) is 18.2 Å². The zero-order valence-corrected chi connectivity index (χ0v) is 10.5. The fourth-order valence-electron chi connectivity index (χ4n) is 1.67. The van der Waals surface area contributed by atoms with E-state index < -0.39 is 0 Å². The van der Waals surface area contributed by atoms with Crippen molar-refractivity contribution in [2.24, 2.45) is 0 Å². The molecule has 0 bridgehead atoms. The van der Waals surface area contributed by atoms with Crippen LogP contribution >= 0.6 is 0 Å². The summed E-state index contributed by atoms with van der Waals surface area (Å²) in [6.07, 6.45) is 0. The molecule has 0 saturated heterocycles. The van der Waals surface area contributed by atoms with Crippen molar-refractivity contribution in [1.82, 2.24) is 4.90 Å². The Bertz CT molecular complexity index is 337. The Morgan fingerprint density at radius 1 is 1.38 bits per heavy atom. The highest BCUT2D eigenvalue weighted by atomic mass is 16.5. The van der Waals surface area contributed by atoms with Crippen LogP contribution in [-0.4, -0.2) is 37.8 Å². The van der Waals surface area contributed by atoms with Gasteiger partial charge in [-0.05, 0) is 25.7 Å². The second kappa shape index (κ2) is 5.87. The number of rotatable bonds is 5. The molecule has 0 spiro atoms. The second-order valence-corrected chi connectivity index (χ2v) is 4.39. The van der Waals surface area contributed by atoms with Crippen LogP contribution in [0.1, 0.15) is 24.0 Å². The lowest BCUT2D eigenvalue weighted by Crippen LogP contribution is -2.12. The molecule has 1 aromatic rings. The lowest BCUT2D eigenvalue weighted by atomic mass is 9.99. The lowest BCUT2D eigenvalue weighted by molar-refractivity contribution is 0.273. The summed E-state index contributed by atoms with van der Waals surface area (Å²) in [5.74, 6) is 1.08. The first kappa shape index (κ1) is 13.0. The Morgan fingerprint density at radius 3 is 2.56 bits per heavy atom. The Labute approximate surface area is 97.7 Å². The fraction of sp³-hybridized carbons (Fsp3) is 0.538. The highest BCUT2D eigenvalue weighted by Gasteiger charge is 2.09. The number of benzene rings is 1. The molecule has 0 amide bonds. The largest absolute Gasteiger partial charge is 0.496 e. The van der Waals surface area contributed by atoms with Crippen molar-refractivity contribution >= 4 is 0 Å². The third-order valence-electron chi connectivity index (χ3n) is 2.63. The number of methoxy groups -OCH3 is 1. The molecule has 0 aromatic heterocycles. The quantitative estimate of drug-likeness (QED) is 0.827. The average Bonchev–Trinajstić information content (AvgIpc) is 2.27. The average molecular weight is 223 g/mol. The third kappa shape index (κ3) is 3.22. The minimum Gasteiger partial charge on any atom is -0.496 e. The highest BCUT2D eigenvalue weighted by molar-refractivity contribution is 5.38. The lowest BCUT2D eigenvalue weighted by Gasteiger charge is -2.16. The smallest absolute Gasteiger partial charge is 0.123 e. The molecule has 0 radical (unpaired) electrons. The SMILES string of the molecule is COc1ccc(C(C)CO)cc1CN(C)C. The van der Waals surface area contributed by atoms with E-state index in [0.29, 0.717) is 0 Å². The molecule has 1 rings (SSSR count). The predicted octanol–water partition coefficient (Wildman–Crippen LogP) is 1.85. The van der Waals surface area contributed by atoms with Gasteiger partial charge in [-0.25, -0.2) is 0 Å². The van der Waals surface area contributed by atoms with E-state index in [0.717, 1.165) is 23.4 Å². The van der Waals surface area contributed by atoms with Gasteiger partial charge < -0.3 is 14.7 Å². The summed E-state index contributed by atoms with van der Waals surface area (Å²) in [6.45, 7) is 3.03. The molecular formula is C13H21NO2. The molecule has 1 N–H and O–H groups in total. The van der Waals surface area contributed by atoms with Crippen LogP contribution in [0.25, 0.3) is 0 Å². The number of hydrogen-bond acceptors (Lipinski definition) is 3. The molecule has 0 saturated carbocycles. The van der Waals surface area contributed by atoms with E-state index in [1.807, 2.05) is 33.2 Å². The summed E-state index contributed by atoms with van der Waals surface area (Å²) in [4.78, 5) is 2.10. The molecule has 3 nitrogen and oxygen atoms in total. The molecule has 16 heavy (non-hydrogen) atoms. The minimum atomic E-state index is 0.173. The fourth-order valence-corrected chi connectivity index (χ4v) is 1.67. The molecule has 0 aliphatic carbocycles. The van der Waals surface area contributed by atoms with E-state index in [2.05, 4.69) is 11.0 Å². The molecule has 0 fully saturated rings. The van der Waals surface area contributed by atoms with E-state index in [9.17, 15) is 0 Å². The maximum absolute atomic E-state index is 9.15. The van der Waals surface area contributed by atoms with Crippen LogP contribution in [-0.2, 0) is 6.54 Å². The van der Waals surface area contributed by atoms with Gasteiger partial charge in [-0.3, -0.25) is 0 Å². The van der Waals surface area contributed by atoms with Crippen molar-refractivity contribution in [3.63, 3.8) is 0 Å². The molecule has 1 unspecified atom stereocenters. The summed E-state index contributed by atoms with van der Waals surface area (Å²) in [7, 11) is 5.74. The Morgan fingerprint density at radius 2 is 2.06 bits per heavy atom. The van der Waals surface area contributed by atoms with Gasteiger partial charge in [-0.15, -0.1) is 0 Å². The van der Waals surface area contributed by atoms with E-state index in [1.54, 1.807) is 7.11 Å². The third-order valence-corrected chi connectivity index (χ3v) is 2.63. The summed E-state index contributed by atoms with van der Waals surface area (Å²) in [5, 5.41) is 9.15. The van der Waals surface area contributed by atoms with E-state index in [1.165, 1.54) is 0 Å². The first-order valence-electron chi connectivity index (χ1n) is 5.51. The highest BCUT2D eigenvalue weighted by Crippen LogP contribution is 2.24. The molecule has 0 aliphatic heterocycles. The van der Waals surface area contributed by atoms with Gasteiger partial charge in [0.15, 0.2) is 0 Å². The first-order valence-corrected chi connectivity index (χ1v) is 5.51. The topological polar surface area (TPSA) is 32.7 Å². The van der Waals surface area contributed by atoms with Crippen molar-refractivity contribution in [3.8, 4) is 5.75 Å². The van der Waals surface area contributed by atoms with Gasteiger partial charge >= 0.3 is 0 Å². The van der Waals surface area contributed by atoms with Crippen LogP contribution in [0.5, 0.6) is 5.75 Å². The van der Waals surface area contributed by atoms with Crippen molar-refractivity contribution in [3.05, 3.63) is 29.3 Å². The molecule has 90 valence electrons. The van der Waals surface area contributed by atoms with Crippen molar-refractivity contribution in [2.75, 3.05) is 27.8 Å². The van der Waals surface area contributed by atoms with Gasteiger partial charge in [0, 0.05) is 24.6 Å². The van der Waals surface area contributed by atoms with Crippen molar-refractivity contribution < 1.29 is 9.84 Å². The molecule has 0 heterocycles. The molecule has 1 aromatic carbocycles. The molecule has 1 atom stereocenters. The summed E-state index contributed by atoms with van der Waals surface area (Å²) in [5.41, 5.74) is 2.31. The normalized spacial score (nSPS) is 12.9. The van der Waals surface area contributed by atoms with Gasteiger partial charge in [-0.2, -0.15) is 0 Å². The summed E-state index contributed by atoms with van der Waals surface area (Å²) in [6, 6.07) is 6.10. The second-order valence-electron chi connectivity index (χ2n) is 4.39. The monoisotopic (exact) mass is 223 g/mol. The van der Waals surface area contributed by atoms with Crippen LogP contribution in [0.4, 0.5) is 0 Å². The van der Waals surface area contributed by atoms with E-state index in [-0.39, 0.29) is 12.5 Å². The Balaban J connectivity index is 3.00. The van der Waals surface area contributed by atoms with Crippen LogP contribution in [0.3, 0.4) is 0 Å². The molecule has 0 aliphatic rings. The van der Waals surface area contributed by atoms with Gasteiger partial charge in [0.1, 0.15) is 5.75 Å².